The molecule has 9 heavy (non-hydrogen) atoms. The summed E-state index contributed by atoms with van der Waals surface area (Å²) in [5.41, 5.74) is 17.3. The standard InChI is InChI=1S/C3H11N5O/c1-7-8(9)3(6)2(4)5/h7-8H,4-6H2,1H3. The third-order valence-electron chi connectivity index (χ3n) is 0.783. The molecule has 0 fully saturated rings. The van der Waals surface area contributed by atoms with Crippen molar-refractivity contribution in [1.29, 1.82) is 0 Å². The Morgan fingerprint density at radius 2 is 1.89 bits per heavy atom. The molecule has 0 aromatic rings. The Labute approximate surface area is 52.8 Å². The highest BCUT2D eigenvalue weighted by Crippen LogP contribution is 1.64. The summed E-state index contributed by atoms with van der Waals surface area (Å²) in [6.45, 7) is 0. The highest BCUT2D eigenvalue weighted by Gasteiger charge is 2.00. The van der Waals surface area contributed by atoms with E-state index < -0.39 is 5.17 Å². The van der Waals surface area contributed by atoms with Crippen molar-refractivity contribution in [2.75, 3.05) is 7.05 Å². The van der Waals surface area contributed by atoms with E-state index in [2.05, 4.69) is 5.43 Å². The normalized spacial score (nSPS) is 12.7. The van der Waals surface area contributed by atoms with Crippen LogP contribution in [0.3, 0.4) is 0 Å². The zero-order valence-corrected chi connectivity index (χ0v) is 5.14. The molecule has 0 saturated carbocycles. The molecular weight excluding hydrogens is 122 g/mol. The Hall–Kier alpha value is -0.980. The average Bonchev–Trinajstić information content (AvgIpc) is 1.84. The fourth-order valence-electron chi connectivity index (χ4n) is 0.266. The van der Waals surface area contributed by atoms with Crippen LogP contribution in [0, 0.1) is 5.21 Å². The highest BCUT2D eigenvalue weighted by molar-refractivity contribution is 4.92. The van der Waals surface area contributed by atoms with E-state index in [1.54, 1.807) is 0 Å². The van der Waals surface area contributed by atoms with Crippen LogP contribution < -0.4 is 27.8 Å². The lowest BCUT2D eigenvalue weighted by atomic mass is 10.7. The zero-order chi connectivity index (χ0) is 7.44. The molecule has 8 N–H and O–H groups in total. The number of hydrogen-bond donors (Lipinski definition) is 5. The SMILES string of the molecule is CN[NH+]([O-])C(N)=C(N)N. The van der Waals surface area contributed by atoms with Gasteiger partial charge in [-0.05, 0) is 0 Å². The zero-order valence-electron chi connectivity index (χ0n) is 5.14. The van der Waals surface area contributed by atoms with E-state index in [1.165, 1.54) is 7.05 Å². The molecule has 0 rings (SSSR count). The van der Waals surface area contributed by atoms with Crippen LogP contribution in [0.4, 0.5) is 0 Å². The topological polar surface area (TPSA) is 118 Å². The Morgan fingerprint density at radius 1 is 1.44 bits per heavy atom. The number of hydroxylamine groups is 1. The van der Waals surface area contributed by atoms with Gasteiger partial charge in [0.15, 0.2) is 5.82 Å². The summed E-state index contributed by atoms with van der Waals surface area (Å²) in [5, 5.41) is 10.0. The van der Waals surface area contributed by atoms with Crippen LogP contribution in [0.25, 0.3) is 0 Å². The molecule has 0 spiro atoms. The minimum Gasteiger partial charge on any atom is -0.607 e. The maximum atomic E-state index is 10.5. The number of quaternary nitrogens is 1. The van der Waals surface area contributed by atoms with Gasteiger partial charge in [-0.2, -0.15) is 5.43 Å². The molecule has 0 aliphatic carbocycles. The van der Waals surface area contributed by atoms with Crippen molar-refractivity contribution in [2.45, 2.75) is 0 Å². The van der Waals surface area contributed by atoms with E-state index in [9.17, 15) is 5.21 Å². The molecule has 0 amide bonds. The molecule has 1 atom stereocenters. The van der Waals surface area contributed by atoms with Crippen molar-refractivity contribution in [3.8, 4) is 0 Å². The van der Waals surface area contributed by atoms with E-state index in [0.717, 1.165) is 0 Å². The molecule has 54 valence electrons. The lowest BCUT2D eigenvalue weighted by molar-refractivity contribution is -0.855. The molecular formula is C3H11N5O. The van der Waals surface area contributed by atoms with Crippen LogP contribution in [0.15, 0.2) is 11.6 Å². The van der Waals surface area contributed by atoms with Gasteiger partial charge in [-0.3, -0.25) is 0 Å². The van der Waals surface area contributed by atoms with Gasteiger partial charge in [-0.15, -0.1) is 0 Å². The fraction of sp³-hybridized carbons (Fsp3) is 0.333. The molecule has 0 radical (unpaired) electrons. The van der Waals surface area contributed by atoms with Gasteiger partial charge in [0.1, 0.15) is 0 Å². The average molecular weight is 133 g/mol. The van der Waals surface area contributed by atoms with Crippen LogP contribution in [0.2, 0.25) is 0 Å². The molecule has 6 nitrogen and oxygen atoms in total. The van der Waals surface area contributed by atoms with Crippen molar-refractivity contribution < 1.29 is 5.17 Å². The quantitative estimate of drug-likeness (QED) is 0.251. The van der Waals surface area contributed by atoms with E-state index in [4.69, 9.17) is 17.2 Å². The van der Waals surface area contributed by atoms with Gasteiger partial charge in [-0.25, -0.2) is 5.17 Å². The van der Waals surface area contributed by atoms with Crippen molar-refractivity contribution >= 4 is 0 Å². The van der Waals surface area contributed by atoms with E-state index in [-0.39, 0.29) is 11.6 Å². The smallest absolute Gasteiger partial charge is 0.257 e. The minimum absolute atomic E-state index is 0.141. The number of nitrogens with one attached hydrogen (secondary N) is 2. The summed E-state index contributed by atoms with van der Waals surface area (Å²) >= 11 is 0. The Balaban J connectivity index is 4.02. The highest BCUT2D eigenvalue weighted by atomic mass is 16.5. The molecule has 0 aliphatic rings. The number of hydrogen-bond acceptors (Lipinski definition) is 5. The predicted molar refractivity (Wildman–Crippen MR) is 33.0 cm³/mol. The Morgan fingerprint density at radius 3 is 2.00 bits per heavy atom. The monoisotopic (exact) mass is 133 g/mol. The van der Waals surface area contributed by atoms with Gasteiger partial charge < -0.3 is 22.4 Å². The molecule has 0 saturated heterocycles. The molecule has 0 heterocycles. The molecule has 0 aliphatic heterocycles. The van der Waals surface area contributed by atoms with Gasteiger partial charge in [0, 0.05) is 7.05 Å². The maximum Gasteiger partial charge on any atom is 0.257 e. The minimum atomic E-state index is -0.463. The molecule has 0 bridgehead atoms. The molecule has 0 aromatic carbocycles. The van der Waals surface area contributed by atoms with Gasteiger partial charge in [0.05, 0.1) is 0 Å². The fourth-order valence-corrected chi connectivity index (χ4v) is 0.266. The summed E-state index contributed by atoms with van der Waals surface area (Å²) < 4.78 is 0. The second kappa shape index (κ2) is 3.13. The van der Waals surface area contributed by atoms with Crippen LogP contribution in [-0.2, 0) is 0 Å². The third kappa shape index (κ3) is 2.17. The second-order valence-electron chi connectivity index (χ2n) is 1.45. The molecule has 0 aromatic heterocycles. The van der Waals surface area contributed by atoms with Gasteiger partial charge in [0.25, 0.3) is 5.82 Å². The van der Waals surface area contributed by atoms with E-state index in [1.807, 2.05) is 0 Å². The Kier molecular flexibility index (Phi) is 2.79. The summed E-state index contributed by atoms with van der Waals surface area (Å²) in [4.78, 5) is 0. The summed E-state index contributed by atoms with van der Waals surface area (Å²) in [7, 11) is 1.44. The van der Waals surface area contributed by atoms with Crippen molar-refractivity contribution in [1.82, 2.24) is 5.43 Å². The van der Waals surface area contributed by atoms with Crippen molar-refractivity contribution in [2.24, 2.45) is 17.2 Å². The third-order valence-corrected chi connectivity index (χ3v) is 0.783. The van der Waals surface area contributed by atoms with Crippen molar-refractivity contribution in [3.63, 3.8) is 0 Å². The van der Waals surface area contributed by atoms with Crippen molar-refractivity contribution in [3.05, 3.63) is 16.8 Å². The van der Waals surface area contributed by atoms with E-state index >= 15 is 0 Å². The molecule has 6 heteroatoms. The second-order valence-corrected chi connectivity index (χ2v) is 1.45. The lowest BCUT2D eigenvalue weighted by Gasteiger charge is -2.18. The van der Waals surface area contributed by atoms with Gasteiger partial charge in [-0.1, -0.05) is 0 Å². The predicted octanol–water partition coefficient (Wildman–Crippen LogP) is -3.49. The first-order valence-corrected chi connectivity index (χ1v) is 2.32. The van der Waals surface area contributed by atoms with Gasteiger partial charge in [0.2, 0.25) is 0 Å². The first kappa shape index (κ1) is 8.02. The van der Waals surface area contributed by atoms with Crippen LogP contribution in [0.1, 0.15) is 0 Å². The van der Waals surface area contributed by atoms with Crippen LogP contribution >= 0.6 is 0 Å². The number of nitrogens with two attached hydrogens (primary N) is 3. The first-order valence-electron chi connectivity index (χ1n) is 2.32. The maximum absolute atomic E-state index is 10.5. The van der Waals surface area contributed by atoms with Gasteiger partial charge >= 0.3 is 0 Å². The molecule has 1 unspecified atom stereocenters. The number of rotatable bonds is 2. The largest absolute Gasteiger partial charge is 0.607 e. The van der Waals surface area contributed by atoms with E-state index in [0.29, 0.717) is 0 Å². The Bertz CT molecular complexity index is 117. The lowest BCUT2D eigenvalue weighted by Crippen LogP contribution is -3.13. The first-order chi connectivity index (χ1) is 4.09. The van der Waals surface area contributed by atoms with Crippen LogP contribution in [-0.4, -0.2) is 7.05 Å². The summed E-state index contributed by atoms with van der Waals surface area (Å²) in [5.74, 6) is -0.299. The van der Waals surface area contributed by atoms with Crippen LogP contribution in [0.5, 0.6) is 0 Å². The summed E-state index contributed by atoms with van der Waals surface area (Å²) in [6, 6.07) is 0. The summed E-state index contributed by atoms with van der Waals surface area (Å²) in [6.07, 6.45) is 0.